The van der Waals surface area contributed by atoms with E-state index in [0.717, 1.165) is 0 Å². The summed E-state index contributed by atoms with van der Waals surface area (Å²) in [5.74, 6) is -7.16. The zero-order valence-electron chi connectivity index (χ0n) is 18.2. The molecule has 16 heteroatoms. The molecule has 0 radical (unpaired) electrons. The zero-order valence-corrected chi connectivity index (χ0v) is 19.1. The Bertz CT molecular complexity index is 794. The van der Waals surface area contributed by atoms with E-state index in [0.29, 0.717) is 0 Å². The first-order chi connectivity index (χ1) is 15.8. The summed E-state index contributed by atoms with van der Waals surface area (Å²) in [6.45, 7) is 0. The highest BCUT2D eigenvalue weighted by Crippen LogP contribution is 2.05. The fourth-order valence-corrected chi connectivity index (χ4v) is 2.71. The average Bonchev–Trinajstić information content (AvgIpc) is 2.74. The second-order valence-electron chi connectivity index (χ2n) is 7.25. The summed E-state index contributed by atoms with van der Waals surface area (Å²) in [5.41, 5.74) is 15.7. The molecule has 0 aliphatic rings. The summed E-state index contributed by atoms with van der Waals surface area (Å²) >= 11 is 3.88. The summed E-state index contributed by atoms with van der Waals surface area (Å²) in [6.07, 6.45) is -2.23. The van der Waals surface area contributed by atoms with Crippen LogP contribution < -0.4 is 33.2 Å². The Morgan fingerprint density at radius 2 is 1.06 bits per heavy atom. The second-order valence-corrected chi connectivity index (χ2v) is 7.62. The van der Waals surface area contributed by atoms with Gasteiger partial charge in [-0.25, -0.2) is 4.79 Å². The van der Waals surface area contributed by atoms with Crippen LogP contribution in [0, 0.1) is 0 Å². The number of hydrogen-bond donors (Lipinski definition) is 9. The van der Waals surface area contributed by atoms with Crippen LogP contribution in [0.5, 0.6) is 0 Å². The van der Waals surface area contributed by atoms with Crippen molar-refractivity contribution in [2.24, 2.45) is 17.2 Å². The molecule has 0 saturated carbocycles. The van der Waals surface area contributed by atoms with Gasteiger partial charge >= 0.3 is 11.9 Å². The molecule has 5 amide bonds. The predicted octanol–water partition coefficient (Wildman–Crippen LogP) is -3.82. The normalized spacial score (nSPS) is 14.1. The van der Waals surface area contributed by atoms with E-state index in [2.05, 4.69) is 28.6 Å². The Morgan fingerprint density at radius 1 is 0.676 bits per heavy atom. The number of carbonyl (C=O) groups is 7. The molecule has 0 bridgehead atoms. The van der Waals surface area contributed by atoms with Crippen LogP contribution in [0.3, 0.4) is 0 Å². The zero-order chi connectivity index (χ0) is 26.4. The molecule has 0 aromatic rings. The molecule has 0 rings (SSSR count). The van der Waals surface area contributed by atoms with Crippen LogP contribution in [0.1, 0.15) is 38.5 Å². The number of carboxylic acid groups (broad SMARTS) is 2. The molecule has 4 unspecified atom stereocenters. The lowest BCUT2D eigenvalue weighted by Crippen LogP contribution is -2.57. The maximum atomic E-state index is 12.8. The number of nitrogens with two attached hydrogens (primary N) is 3. The molecule has 0 aliphatic carbocycles. The van der Waals surface area contributed by atoms with Gasteiger partial charge in [-0.15, -0.1) is 0 Å². The molecule has 15 nitrogen and oxygen atoms in total. The van der Waals surface area contributed by atoms with Gasteiger partial charge in [-0.05, 0) is 19.3 Å². The van der Waals surface area contributed by atoms with Crippen molar-refractivity contribution in [1.29, 1.82) is 0 Å². The standard InChI is InChI=1S/C18H30N6O9S/c19-8(7-34)15(29)22-9(1-4-12(20)25)16(30)23-10(2-5-13(21)26)17(31)24-11(18(32)33)3-6-14(27)28/h8-11,34H,1-7,19H2,(H2,20,25)(H2,21,26)(H,22,29)(H,23,30)(H,24,31)(H,27,28)(H,32,33). The minimum atomic E-state index is -1.59. The number of carbonyl (C=O) groups excluding carboxylic acids is 5. The van der Waals surface area contributed by atoms with Gasteiger partial charge in [0, 0.05) is 25.0 Å². The third-order valence-electron chi connectivity index (χ3n) is 4.42. The van der Waals surface area contributed by atoms with Gasteiger partial charge in [-0.1, -0.05) is 0 Å². The number of hydrogen-bond acceptors (Lipinski definition) is 9. The predicted molar refractivity (Wildman–Crippen MR) is 119 cm³/mol. The molecule has 34 heavy (non-hydrogen) atoms. The summed E-state index contributed by atoms with van der Waals surface area (Å²) in [5, 5.41) is 24.6. The van der Waals surface area contributed by atoms with Gasteiger partial charge in [0.2, 0.25) is 29.5 Å². The van der Waals surface area contributed by atoms with E-state index in [4.69, 9.17) is 22.3 Å². The summed E-state index contributed by atoms with van der Waals surface area (Å²) in [7, 11) is 0. The van der Waals surface area contributed by atoms with E-state index in [1.54, 1.807) is 0 Å². The van der Waals surface area contributed by atoms with Crippen molar-refractivity contribution in [3.05, 3.63) is 0 Å². The first-order valence-corrected chi connectivity index (χ1v) is 10.7. The number of thiol groups is 1. The van der Waals surface area contributed by atoms with Gasteiger partial charge < -0.3 is 43.4 Å². The molecule has 4 atom stereocenters. The van der Waals surface area contributed by atoms with Gasteiger partial charge in [0.1, 0.15) is 18.1 Å². The summed E-state index contributed by atoms with van der Waals surface area (Å²) in [4.78, 5) is 81.9. The highest BCUT2D eigenvalue weighted by atomic mass is 32.1. The Kier molecular flexibility index (Phi) is 13.9. The minimum Gasteiger partial charge on any atom is -0.481 e. The lowest BCUT2D eigenvalue weighted by molar-refractivity contribution is -0.143. The fraction of sp³-hybridized carbons (Fsp3) is 0.611. The number of amides is 5. The molecule has 11 N–H and O–H groups in total. The van der Waals surface area contributed by atoms with Crippen LogP contribution in [-0.4, -0.2) is 81.6 Å². The Balaban J connectivity index is 5.59. The molecular weight excluding hydrogens is 476 g/mol. The van der Waals surface area contributed by atoms with Crippen LogP contribution in [0.4, 0.5) is 0 Å². The number of carboxylic acids is 2. The van der Waals surface area contributed by atoms with Crippen LogP contribution in [0.25, 0.3) is 0 Å². The van der Waals surface area contributed by atoms with E-state index < -0.39 is 78.5 Å². The molecule has 0 saturated heterocycles. The van der Waals surface area contributed by atoms with Gasteiger partial charge in [0.25, 0.3) is 0 Å². The highest BCUT2D eigenvalue weighted by molar-refractivity contribution is 7.80. The number of aliphatic carboxylic acids is 2. The Morgan fingerprint density at radius 3 is 1.41 bits per heavy atom. The molecule has 0 aromatic heterocycles. The summed E-state index contributed by atoms with van der Waals surface area (Å²) in [6, 6.07) is -5.49. The Labute approximate surface area is 199 Å². The van der Waals surface area contributed by atoms with Crippen LogP contribution >= 0.6 is 12.6 Å². The van der Waals surface area contributed by atoms with E-state index in [9.17, 15) is 38.7 Å². The molecule has 0 aromatic carbocycles. The number of nitrogens with one attached hydrogen (secondary N) is 3. The third kappa shape index (κ3) is 12.6. The van der Waals surface area contributed by atoms with Crippen molar-refractivity contribution in [3.63, 3.8) is 0 Å². The second kappa shape index (κ2) is 15.4. The van der Waals surface area contributed by atoms with Crippen molar-refractivity contribution in [1.82, 2.24) is 16.0 Å². The highest BCUT2D eigenvalue weighted by Gasteiger charge is 2.30. The maximum Gasteiger partial charge on any atom is 0.326 e. The van der Waals surface area contributed by atoms with Crippen molar-refractivity contribution < 1.29 is 43.8 Å². The first-order valence-electron chi connectivity index (χ1n) is 10.1. The maximum absolute atomic E-state index is 12.8. The first kappa shape index (κ1) is 30.6. The molecule has 0 spiro atoms. The van der Waals surface area contributed by atoms with Gasteiger partial charge in [0.05, 0.1) is 6.04 Å². The lowest BCUT2D eigenvalue weighted by atomic mass is 10.1. The van der Waals surface area contributed by atoms with Gasteiger partial charge in [-0.2, -0.15) is 12.6 Å². The molecular formula is C18H30N6O9S. The Hall–Kier alpha value is -3.40. The molecule has 0 aliphatic heterocycles. The third-order valence-corrected chi connectivity index (χ3v) is 4.81. The minimum absolute atomic E-state index is 0.0491. The van der Waals surface area contributed by atoms with Crippen molar-refractivity contribution >= 4 is 54.1 Å². The van der Waals surface area contributed by atoms with Crippen molar-refractivity contribution in [2.45, 2.75) is 62.7 Å². The lowest BCUT2D eigenvalue weighted by Gasteiger charge is -2.24. The molecule has 0 fully saturated rings. The number of primary amides is 2. The van der Waals surface area contributed by atoms with Crippen LogP contribution in [0.2, 0.25) is 0 Å². The van der Waals surface area contributed by atoms with Crippen molar-refractivity contribution in [3.8, 4) is 0 Å². The smallest absolute Gasteiger partial charge is 0.326 e. The quantitative estimate of drug-likeness (QED) is 0.0867. The fourth-order valence-electron chi connectivity index (χ4n) is 2.54. The van der Waals surface area contributed by atoms with E-state index in [-0.39, 0.29) is 31.4 Å². The SMILES string of the molecule is NC(=O)CCC(NC(=O)C(N)CS)C(=O)NC(CCC(N)=O)C(=O)NC(CCC(=O)O)C(=O)O. The van der Waals surface area contributed by atoms with Gasteiger partial charge in [-0.3, -0.25) is 28.8 Å². The monoisotopic (exact) mass is 506 g/mol. The summed E-state index contributed by atoms with van der Waals surface area (Å²) < 4.78 is 0. The molecule has 192 valence electrons. The topological polar surface area (TPSA) is 274 Å². The van der Waals surface area contributed by atoms with E-state index >= 15 is 0 Å². The molecule has 0 heterocycles. The van der Waals surface area contributed by atoms with Crippen LogP contribution in [0.15, 0.2) is 0 Å². The number of rotatable bonds is 17. The largest absolute Gasteiger partial charge is 0.481 e. The average molecular weight is 507 g/mol. The van der Waals surface area contributed by atoms with E-state index in [1.165, 1.54) is 0 Å². The van der Waals surface area contributed by atoms with E-state index in [1.807, 2.05) is 0 Å². The van der Waals surface area contributed by atoms with Crippen molar-refractivity contribution in [2.75, 3.05) is 5.75 Å². The van der Waals surface area contributed by atoms with Gasteiger partial charge in [0.15, 0.2) is 0 Å². The van der Waals surface area contributed by atoms with Crippen LogP contribution in [-0.2, 0) is 33.6 Å².